The zero-order chi connectivity index (χ0) is 18.9. The quantitative estimate of drug-likeness (QED) is 0.591. The van der Waals surface area contributed by atoms with Crippen molar-refractivity contribution in [2.45, 2.75) is 12.8 Å². The Hall–Kier alpha value is -3.02. The molecule has 0 heterocycles. The molecule has 2 rings (SSSR count). The first-order chi connectivity index (χ1) is 12.5. The molecule has 2 amide bonds. The zero-order valence-electron chi connectivity index (χ0n) is 15.4. The maximum Gasteiger partial charge on any atom is 0.313 e. The lowest BCUT2D eigenvalue weighted by atomic mass is 10.1. The molecule has 0 unspecified atom stereocenters. The molecule has 0 aliphatic heterocycles. The van der Waals surface area contributed by atoms with Gasteiger partial charge in [0.1, 0.15) is 5.75 Å². The fraction of sp³-hybridized carbons (Fsp3) is 0.300. The normalized spacial score (nSPS) is 10.1. The van der Waals surface area contributed by atoms with Crippen LogP contribution in [0, 0.1) is 0 Å². The number of hydrogen-bond donors (Lipinski definition) is 2. The Morgan fingerprint density at radius 3 is 2.42 bits per heavy atom. The van der Waals surface area contributed by atoms with Gasteiger partial charge in [0.05, 0.1) is 7.11 Å². The lowest BCUT2D eigenvalue weighted by Crippen LogP contribution is -2.36. The van der Waals surface area contributed by atoms with Gasteiger partial charge in [-0.2, -0.15) is 0 Å². The summed E-state index contributed by atoms with van der Waals surface area (Å²) in [6.45, 7) is 0.444. The molecule has 0 fully saturated rings. The highest BCUT2D eigenvalue weighted by Crippen LogP contribution is 2.16. The van der Waals surface area contributed by atoms with Gasteiger partial charge in [0.25, 0.3) is 0 Å². The van der Waals surface area contributed by atoms with Gasteiger partial charge in [-0.1, -0.05) is 18.2 Å². The number of carbonyl (C=O) groups is 2. The van der Waals surface area contributed by atoms with Crippen molar-refractivity contribution in [1.82, 2.24) is 5.32 Å². The van der Waals surface area contributed by atoms with E-state index in [-0.39, 0.29) is 0 Å². The third-order valence-corrected chi connectivity index (χ3v) is 3.91. The number of nitrogens with zero attached hydrogens (tertiary/aromatic N) is 1. The van der Waals surface area contributed by atoms with E-state index in [1.165, 1.54) is 5.56 Å². The van der Waals surface area contributed by atoms with Crippen molar-refractivity contribution >= 4 is 23.2 Å². The zero-order valence-corrected chi connectivity index (χ0v) is 15.4. The second-order valence-corrected chi connectivity index (χ2v) is 6.11. The summed E-state index contributed by atoms with van der Waals surface area (Å²) in [5, 5.41) is 5.20. The van der Waals surface area contributed by atoms with E-state index in [0.29, 0.717) is 18.0 Å². The van der Waals surface area contributed by atoms with Gasteiger partial charge in [0.15, 0.2) is 0 Å². The molecule has 2 aromatic rings. The molecule has 0 aliphatic rings. The van der Waals surface area contributed by atoms with Gasteiger partial charge in [-0.3, -0.25) is 9.59 Å². The largest absolute Gasteiger partial charge is 0.497 e. The molecule has 0 aliphatic carbocycles. The van der Waals surface area contributed by atoms with Crippen molar-refractivity contribution in [2.75, 3.05) is 38.0 Å². The summed E-state index contributed by atoms with van der Waals surface area (Å²) in [7, 11) is 5.55. The first kappa shape index (κ1) is 19.3. The van der Waals surface area contributed by atoms with Crippen LogP contribution < -0.4 is 20.3 Å². The monoisotopic (exact) mass is 355 g/mol. The third-order valence-electron chi connectivity index (χ3n) is 3.91. The number of nitrogens with one attached hydrogen (secondary N) is 2. The molecule has 2 N–H and O–H groups in total. The van der Waals surface area contributed by atoms with Crippen molar-refractivity contribution in [1.29, 1.82) is 0 Å². The van der Waals surface area contributed by atoms with E-state index >= 15 is 0 Å². The van der Waals surface area contributed by atoms with E-state index < -0.39 is 11.8 Å². The average Bonchev–Trinajstić information content (AvgIpc) is 2.65. The lowest BCUT2D eigenvalue weighted by molar-refractivity contribution is -0.136. The van der Waals surface area contributed by atoms with Crippen LogP contribution in [0.15, 0.2) is 48.5 Å². The lowest BCUT2D eigenvalue weighted by Gasteiger charge is -2.12. The minimum Gasteiger partial charge on any atom is -0.497 e. The van der Waals surface area contributed by atoms with Crippen LogP contribution in [0.2, 0.25) is 0 Å². The second kappa shape index (κ2) is 9.46. The van der Waals surface area contributed by atoms with E-state index in [1.54, 1.807) is 31.4 Å². The number of methoxy groups -OCH3 is 1. The summed E-state index contributed by atoms with van der Waals surface area (Å²) >= 11 is 0. The number of anilines is 2. The highest BCUT2D eigenvalue weighted by atomic mass is 16.5. The van der Waals surface area contributed by atoms with E-state index in [2.05, 4.69) is 34.9 Å². The average molecular weight is 355 g/mol. The van der Waals surface area contributed by atoms with Gasteiger partial charge in [-0.15, -0.1) is 0 Å². The topological polar surface area (TPSA) is 70.7 Å². The van der Waals surface area contributed by atoms with Gasteiger partial charge in [0.2, 0.25) is 0 Å². The van der Waals surface area contributed by atoms with Crippen molar-refractivity contribution in [2.24, 2.45) is 0 Å². The van der Waals surface area contributed by atoms with Crippen molar-refractivity contribution in [3.63, 3.8) is 0 Å². The predicted molar refractivity (Wildman–Crippen MR) is 104 cm³/mol. The Morgan fingerprint density at radius 2 is 1.77 bits per heavy atom. The van der Waals surface area contributed by atoms with Crippen LogP contribution in [0.1, 0.15) is 12.0 Å². The summed E-state index contributed by atoms with van der Waals surface area (Å²) in [6.07, 6.45) is 1.60. The van der Waals surface area contributed by atoms with Crippen LogP contribution in [0.3, 0.4) is 0 Å². The highest BCUT2D eigenvalue weighted by molar-refractivity contribution is 6.39. The van der Waals surface area contributed by atoms with Gasteiger partial charge in [-0.05, 0) is 42.7 Å². The molecule has 0 bridgehead atoms. The molecule has 138 valence electrons. The van der Waals surface area contributed by atoms with E-state index in [9.17, 15) is 9.59 Å². The fourth-order valence-electron chi connectivity index (χ4n) is 2.42. The molecular formula is C20H25N3O3. The minimum absolute atomic E-state index is 0.444. The van der Waals surface area contributed by atoms with Crippen LogP contribution in [0.5, 0.6) is 5.75 Å². The number of ether oxygens (including phenoxy) is 1. The number of hydrogen-bond acceptors (Lipinski definition) is 4. The number of rotatable bonds is 7. The van der Waals surface area contributed by atoms with Crippen LogP contribution in [0.25, 0.3) is 0 Å². The van der Waals surface area contributed by atoms with Crippen molar-refractivity contribution < 1.29 is 14.3 Å². The Morgan fingerprint density at radius 1 is 1.04 bits per heavy atom. The smallest absolute Gasteiger partial charge is 0.313 e. The predicted octanol–water partition coefficient (Wildman–Crippen LogP) is 2.45. The highest BCUT2D eigenvalue weighted by Gasteiger charge is 2.13. The maximum absolute atomic E-state index is 11.9. The van der Waals surface area contributed by atoms with Crippen LogP contribution in [0.4, 0.5) is 11.4 Å². The Labute approximate surface area is 154 Å². The minimum atomic E-state index is -0.686. The summed E-state index contributed by atoms with van der Waals surface area (Å²) in [5.41, 5.74) is 2.87. The van der Waals surface area contributed by atoms with Gasteiger partial charge in [0, 0.05) is 38.1 Å². The van der Waals surface area contributed by atoms with Gasteiger partial charge < -0.3 is 20.3 Å². The number of benzene rings is 2. The van der Waals surface area contributed by atoms with Crippen molar-refractivity contribution in [3.8, 4) is 5.75 Å². The Kier molecular flexibility index (Phi) is 7.02. The summed E-state index contributed by atoms with van der Waals surface area (Å²) < 4.78 is 5.08. The Balaban J connectivity index is 1.73. The van der Waals surface area contributed by atoms with E-state index in [4.69, 9.17) is 4.74 Å². The molecule has 26 heavy (non-hydrogen) atoms. The summed E-state index contributed by atoms with van der Waals surface area (Å²) in [5.74, 6) is -0.715. The number of amides is 2. The van der Waals surface area contributed by atoms with Crippen LogP contribution >= 0.6 is 0 Å². The summed E-state index contributed by atoms with van der Waals surface area (Å²) in [6, 6.07) is 15.1. The summed E-state index contributed by atoms with van der Waals surface area (Å²) in [4.78, 5) is 25.8. The Bertz CT molecular complexity index is 742. The van der Waals surface area contributed by atoms with Crippen LogP contribution in [-0.2, 0) is 16.0 Å². The fourth-order valence-corrected chi connectivity index (χ4v) is 2.42. The first-order valence-electron chi connectivity index (χ1n) is 8.49. The number of aryl methyl sites for hydroxylation is 1. The molecule has 0 saturated heterocycles. The second-order valence-electron chi connectivity index (χ2n) is 6.11. The van der Waals surface area contributed by atoms with E-state index in [0.717, 1.165) is 18.5 Å². The molecule has 0 aromatic heterocycles. The molecule has 6 nitrogen and oxygen atoms in total. The molecule has 0 spiro atoms. The molecular weight excluding hydrogens is 330 g/mol. The van der Waals surface area contributed by atoms with Gasteiger partial charge in [-0.25, -0.2) is 0 Å². The van der Waals surface area contributed by atoms with Crippen LogP contribution in [-0.4, -0.2) is 39.6 Å². The molecule has 2 aromatic carbocycles. The first-order valence-corrected chi connectivity index (χ1v) is 8.49. The van der Waals surface area contributed by atoms with Crippen molar-refractivity contribution in [3.05, 3.63) is 54.1 Å². The third kappa shape index (κ3) is 5.81. The standard InChI is InChI=1S/C20H25N3O3/c1-23(2)17-11-9-15(10-12-17)6-5-13-21-19(24)20(25)22-16-7-4-8-18(14-16)26-3/h4,7-12,14H,5-6,13H2,1-3H3,(H,21,24)(H,22,25). The molecule has 0 saturated carbocycles. The molecule has 0 atom stereocenters. The SMILES string of the molecule is COc1cccc(NC(=O)C(=O)NCCCc2ccc(N(C)C)cc2)c1. The van der Waals surface area contributed by atoms with Gasteiger partial charge >= 0.3 is 11.8 Å². The van der Waals surface area contributed by atoms with E-state index in [1.807, 2.05) is 19.0 Å². The molecule has 0 radical (unpaired) electrons. The maximum atomic E-state index is 11.9. The molecule has 6 heteroatoms. The number of carbonyl (C=O) groups excluding carboxylic acids is 2.